The molecule has 0 radical (unpaired) electrons. The van der Waals surface area contributed by atoms with E-state index in [-0.39, 0.29) is 17.9 Å². The molecule has 1 amide bonds. The maximum Gasteiger partial charge on any atom is 0.421 e. The van der Waals surface area contributed by atoms with E-state index in [2.05, 4.69) is 9.97 Å². The second kappa shape index (κ2) is 6.20. The number of aliphatic hydroxyl groups is 2. The summed E-state index contributed by atoms with van der Waals surface area (Å²) in [5.74, 6) is -0.153. The van der Waals surface area contributed by atoms with Gasteiger partial charge in [0.15, 0.2) is 17.1 Å². The number of nitrogens with zero attached hydrogens (tertiary/aromatic N) is 5. The molecule has 2 N–H and O–H groups in total. The van der Waals surface area contributed by atoms with Crippen molar-refractivity contribution in [1.82, 2.24) is 19.4 Å². The predicted molar refractivity (Wildman–Crippen MR) is 87.4 cm³/mol. The van der Waals surface area contributed by atoms with Crippen LogP contribution in [0.4, 0.5) is 19.0 Å². The molecule has 2 aromatic rings. The summed E-state index contributed by atoms with van der Waals surface area (Å²) in [6.45, 7) is 0.504. The smallest absolute Gasteiger partial charge is 0.376 e. The molecule has 0 bridgehead atoms. The zero-order valence-electron chi connectivity index (χ0n) is 14.8. The summed E-state index contributed by atoms with van der Waals surface area (Å²) in [4.78, 5) is 23.2. The fourth-order valence-corrected chi connectivity index (χ4v) is 2.78. The van der Waals surface area contributed by atoms with Crippen molar-refractivity contribution in [3.05, 3.63) is 41.6 Å². The van der Waals surface area contributed by atoms with Gasteiger partial charge in [-0.2, -0.15) is 13.2 Å². The number of halogens is 3. The van der Waals surface area contributed by atoms with E-state index in [1.165, 1.54) is 21.9 Å². The first kappa shape index (κ1) is 19.1. The second-order valence-electron chi connectivity index (χ2n) is 6.53. The largest absolute Gasteiger partial charge is 0.421 e. The molecule has 0 saturated carbocycles. The van der Waals surface area contributed by atoms with Crippen LogP contribution in [0.5, 0.6) is 0 Å². The quantitative estimate of drug-likeness (QED) is 0.817. The fraction of sp³-hybridized carbons (Fsp3) is 0.438. The Bertz CT molecular complexity index is 863. The number of aliphatic hydroxyl groups excluding tert-OH is 1. The maximum atomic E-state index is 12.9. The normalized spacial score (nSPS) is 19.9. The highest BCUT2D eigenvalue weighted by molar-refractivity contribution is 5.99. The minimum Gasteiger partial charge on any atom is -0.376 e. The average molecular weight is 385 g/mol. The monoisotopic (exact) mass is 385 g/mol. The first-order valence-corrected chi connectivity index (χ1v) is 7.93. The van der Waals surface area contributed by atoms with Gasteiger partial charge in [-0.05, 0) is 13.0 Å². The number of pyridine rings is 1. The van der Waals surface area contributed by atoms with Crippen molar-refractivity contribution in [3.8, 4) is 0 Å². The lowest BCUT2D eigenvalue weighted by molar-refractivity contribution is -0.259. The summed E-state index contributed by atoms with van der Waals surface area (Å²) in [7, 11) is 3.20. The molecule has 0 saturated heterocycles. The Morgan fingerprint density at radius 3 is 2.44 bits per heavy atom. The Morgan fingerprint density at radius 2 is 1.89 bits per heavy atom. The van der Waals surface area contributed by atoms with Gasteiger partial charge in [-0.1, -0.05) is 6.07 Å². The van der Waals surface area contributed by atoms with Crippen LogP contribution in [-0.2, 0) is 19.2 Å². The number of anilines is 1. The number of fused-ring (bicyclic) bond motifs is 1. The molecule has 3 heterocycles. The molecule has 11 heteroatoms. The molecular weight excluding hydrogens is 367 g/mol. The molecule has 1 aliphatic rings. The minimum absolute atomic E-state index is 0.136. The Hall–Kier alpha value is -2.66. The molecule has 3 rings (SSSR count). The van der Waals surface area contributed by atoms with Gasteiger partial charge in [0.05, 0.1) is 18.6 Å². The Labute approximate surface area is 152 Å². The van der Waals surface area contributed by atoms with Crippen molar-refractivity contribution >= 4 is 11.7 Å². The molecule has 8 nitrogen and oxygen atoms in total. The molecule has 0 aromatic carbocycles. The van der Waals surface area contributed by atoms with E-state index >= 15 is 0 Å². The topological polar surface area (TPSA) is 94.7 Å². The van der Waals surface area contributed by atoms with Crippen LogP contribution in [0.2, 0.25) is 0 Å². The molecule has 2 atom stereocenters. The Kier molecular flexibility index (Phi) is 4.39. The Morgan fingerprint density at radius 1 is 1.22 bits per heavy atom. The van der Waals surface area contributed by atoms with Crippen LogP contribution in [0.25, 0.3) is 0 Å². The van der Waals surface area contributed by atoms with E-state index in [0.29, 0.717) is 12.7 Å². The number of hydrogen-bond acceptors (Lipinski definition) is 6. The molecule has 0 aliphatic carbocycles. The van der Waals surface area contributed by atoms with Gasteiger partial charge < -0.3 is 19.7 Å². The van der Waals surface area contributed by atoms with Crippen molar-refractivity contribution in [3.63, 3.8) is 0 Å². The highest BCUT2D eigenvalue weighted by Crippen LogP contribution is 2.38. The number of hydrogen-bond donors (Lipinski definition) is 2. The van der Waals surface area contributed by atoms with Gasteiger partial charge in [-0.3, -0.25) is 14.7 Å². The number of alkyl halides is 3. The molecule has 146 valence electrons. The van der Waals surface area contributed by atoms with Crippen LogP contribution in [0, 0.1) is 0 Å². The third-order valence-corrected chi connectivity index (χ3v) is 4.61. The predicted octanol–water partition coefficient (Wildman–Crippen LogP) is 0.953. The van der Waals surface area contributed by atoms with Crippen LogP contribution < -0.4 is 4.90 Å². The molecule has 0 fully saturated rings. The highest BCUT2D eigenvalue weighted by atomic mass is 19.4. The van der Waals surface area contributed by atoms with Crippen LogP contribution in [0.1, 0.15) is 28.7 Å². The highest BCUT2D eigenvalue weighted by Gasteiger charge is 2.51. The van der Waals surface area contributed by atoms with Crippen molar-refractivity contribution < 1.29 is 28.2 Å². The second-order valence-corrected chi connectivity index (χ2v) is 6.53. The molecule has 0 spiro atoms. The SMILES string of the molecule is CN1c2ncn(C)c2C(=O)N(Cc2ccc(C(C)(O)C(F)(F)F)cn2)C1O. The number of rotatable bonds is 3. The van der Waals surface area contributed by atoms with Crippen LogP contribution in [0.15, 0.2) is 24.7 Å². The van der Waals surface area contributed by atoms with Crippen LogP contribution >= 0.6 is 0 Å². The van der Waals surface area contributed by atoms with Gasteiger partial charge in [0.1, 0.15) is 0 Å². The average Bonchev–Trinajstić information content (AvgIpc) is 2.98. The summed E-state index contributed by atoms with van der Waals surface area (Å²) >= 11 is 0. The van der Waals surface area contributed by atoms with E-state index in [0.717, 1.165) is 17.2 Å². The van der Waals surface area contributed by atoms with Gasteiger partial charge in [-0.25, -0.2) is 4.98 Å². The number of carbonyl (C=O) groups excluding carboxylic acids is 1. The summed E-state index contributed by atoms with van der Waals surface area (Å²) in [5, 5.41) is 20.1. The third kappa shape index (κ3) is 3.02. The van der Waals surface area contributed by atoms with Gasteiger partial charge in [0, 0.05) is 25.9 Å². The summed E-state index contributed by atoms with van der Waals surface area (Å²) in [6, 6.07) is 2.37. The number of amides is 1. The molecule has 27 heavy (non-hydrogen) atoms. The van der Waals surface area contributed by atoms with Gasteiger partial charge >= 0.3 is 6.18 Å². The number of imidazole rings is 1. The zero-order valence-corrected chi connectivity index (χ0v) is 14.8. The van der Waals surface area contributed by atoms with Gasteiger partial charge in [0.2, 0.25) is 6.35 Å². The number of carbonyl (C=O) groups is 1. The van der Waals surface area contributed by atoms with E-state index in [4.69, 9.17) is 0 Å². The summed E-state index contributed by atoms with van der Waals surface area (Å²) in [6.07, 6.45) is -3.81. The summed E-state index contributed by atoms with van der Waals surface area (Å²) in [5.41, 5.74) is -2.93. The lowest BCUT2D eigenvalue weighted by Crippen LogP contribution is -2.54. The standard InChI is InChI=1S/C16H18F3N5O3/c1-15(27,16(17,18)19)9-4-5-10(20-6-9)7-24-13(25)11-12(21-8-22(11)2)23(3)14(24)26/h4-6,8,14,26-27H,7H2,1-3H3. The van der Waals surface area contributed by atoms with Crippen molar-refractivity contribution in [1.29, 1.82) is 0 Å². The van der Waals surface area contributed by atoms with E-state index < -0.39 is 29.6 Å². The van der Waals surface area contributed by atoms with Crippen molar-refractivity contribution in [2.24, 2.45) is 7.05 Å². The van der Waals surface area contributed by atoms with E-state index in [1.54, 1.807) is 14.1 Å². The third-order valence-electron chi connectivity index (χ3n) is 4.61. The molecule has 2 unspecified atom stereocenters. The summed E-state index contributed by atoms with van der Waals surface area (Å²) < 4.78 is 40.2. The molecule has 1 aliphatic heterocycles. The van der Waals surface area contributed by atoms with Gasteiger partial charge in [0.25, 0.3) is 5.91 Å². The van der Waals surface area contributed by atoms with Crippen molar-refractivity contribution in [2.75, 3.05) is 11.9 Å². The molecule has 2 aromatic heterocycles. The fourth-order valence-electron chi connectivity index (χ4n) is 2.78. The lowest BCUT2D eigenvalue weighted by Gasteiger charge is -2.38. The lowest BCUT2D eigenvalue weighted by atomic mass is 9.97. The van der Waals surface area contributed by atoms with E-state index in [9.17, 15) is 28.2 Å². The first-order chi connectivity index (χ1) is 12.4. The molecular formula is C16H18F3N5O3. The maximum absolute atomic E-state index is 12.9. The van der Waals surface area contributed by atoms with Crippen LogP contribution in [0.3, 0.4) is 0 Å². The number of aryl methyl sites for hydroxylation is 1. The Balaban J connectivity index is 1.86. The number of aromatic nitrogens is 3. The van der Waals surface area contributed by atoms with E-state index in [1.807, 2.05) is 0 Å². The zero-order chi connectivity index (χ0) is 20.1. The van der Waals surface area contributed by atoms with Crippen molar-refractivity contribution in [2.45, 2.75) is 31.6 Å². The minimum atomic E-state index is -4.85. The first-order valence-electron chi connectivity index (χ1n) is 7.93. The van der Waals surface area contributed by atoms with Crippen LogP contribution in [-0.4, -0.2) is 55.1 Å². The van der Waals surface area contributed by atoms with Gasteiger partial charge in [-0.15, -0.1) is 0 Å².